The van der Waals surface area contributed by atoms with E-state index in [1.807, 2.05) is 30.3 Å². The zero-order valence-electron chi connectivity index (χ0n) is 20.3. The molecule has 0 aliphatic rings. The number of hydrogen-bond donors (Lipinski definition) is 0. The highest BCUT2D eigenvalue weighted by Gasteiger charge is 2.08. The Kier molecular flexibility index (Phi) is 8.16. The van der Waals surface area contributed by atoms with Gasteiger partial charge in [-0.05, 0) is 71.2 Å². The Labute approximate surface area is 203 Å². The first-order valence-electron chi connectivity index (χ1n) is 12.6. The van der Waals surface area contributed by atoms with E-state index < -0.39 is 0 Å². The molecule has 4 rings (SSSR count). The molecule has 0 nitrogen and oxygen atoms in total. The summed E-state index contributed by atoms with van der Waals surface area (Å²) in [6.45, 7) is 4.38. The molecular weight excluding hydrogens is 415 g/mol. The Morgan fingerprint density at radius 3 is 2.00 bits per heavy atom. The van der Waals surface area contributed by atoms with Gasteiger partial charge >= 0.3 is 0 Å². The Balaban J connectivity index is 1.45. The summed E-state index contributed by atoms with van der Waals surface area (Å²) in [5.41, 5.74) is 6.45. The van der Waals surface area contributed by atoms with E-state index in [1.54, 1.807) is 0 Å². The Morgan fingerprint density at radius 1 is 0.647 bits per heavy atom. The van der Waals surface area contributed by atoms with Gasteiger partial charge in [-0.1, -0.05) is 106 Å². The molecule has 0 aliphatic heterocycles. The third-order valence-corrected chi connectivity index (χ3v) is 6.52. The molecule has 0 amide bonds. The summed E-state index contributed by atoms with van der Waals surface area (Å²) in [5, 5.41) is 1.60. The van der Waals surface area contributed by atoms with Crippen LogP contribution in [0.1, 0.15) is 68.2 Å². The minimum Gasteiger partial charge on any atom is -0.206 e. The maximum absolute atomic E-state index is 15.0. The predicted molar refractivity (Wildman–Crippen MR) is 144 cm³/mol. The van der Waals surface area contributed by atoms with Crippen molar-refractivity contribution in [2.45, 2.75) is 58.8 Å². The van der Waals surface area contributed by atoms with E-state index in [2.05, 4.69) is 74.2 Å². The van der Waals surface area contributed by atoms with E-state index in [0.717, 1.165) is 41.3 Å². The average molecular weight is 449 g/mol. The predicted octanol–water partition coefficient (Wildman–Crippen LogP) is 9.12. The second kappa shape index (κ2) is 11.7. The van der Waals surface area contributed by atoms with Crippen molar-refractivity contribution in [1.29, 1.82) is 0 Å². The lowest BCUT2D eigenvalue weighted by Crippen LogP contribution is -1.93. The molecule has 0 spiro atoms. The maximum Gasteiger partial charge on any atom is 0.134 e. The number of fused-ring (bicyclic) bond motifs is 1. The second-order valence-corrected chi connectivity index (χ2v) is 9.02. The summed E-state index contributed by atoms with van der Waals surface area (Å²) in [7, 11) is 0. The molecule has 0 atom stereocenters. The van der Waals surface area contributed by atoms with Gasteiger partial charge in [0.1, 0.15) is 5.82 Å². The molecule has 1 heteroatoms. The molecule has 0 unspecified atom stereocenters. The lowest BCUT2D eigenvalue weighted by molar-refractivity contribution is 0.595. The number of unbranched alkanes of at least 4 members (excludes halogenated alkanes) is 4. The molecule has 0 aromatic heterocycles. The highest BCUT2D eigenvalue weighted by Crippen LogP contribution is 2.24. The summed E-state index contributed by atoms with van der Waals surface area (Å²) >= 11 is 0. The number of halogens is 1. The topological polar surface area (TPSA) is 0 Å². The average Bonchev–Trinajstić information content (AvgIpc) is 2.89. The summed E-state index contributed by atoms with van der Waals surface area (Å²) in [5.74, 6) is 6.42. The molecule has 0 radical (unpaired) electrons. The third kappa shape index (κ3) is 5.95. The van der Waals surface area contributed by atoms with E-state index >= 15 is 4.39 Å². The largest absolute Gasteiger partial charge is 0.206 e. The highest BCUT2D eigenvalue weighted by atomic mass is 19.1. The molecule has 4 aromatic carbocycles. The van der Waals surface area contributed by atoms with Crippen LogP contribution in [-0.2, 0) is 12.8 Å². The van der Waals surface area contributed by atoms with Gasteiger partial charge in [0.2, 0.25) is 0 Å². The normalized spacial score (nSPS) is 10.8. The van der Waals surface area contributed by atoms with Crippen LogP contribution >= 0.6 is 0 Å². The highest BCUT2D eigenvalue weighted by molar-refractivity contribution is 5.85. The second-order valence-electron chi connectivity index (χ2n) is 9.02. The van der Waals surface area contributed by atoms with Gasteiger partial charge in [-0.3, -0.25) is 0 Å². The lowest BCUT2D eigenvalue weighted by Gasteiger charge is -2.07. The van der Waals surface area contributed by atoms with Crippen molar-refractivity contribution in [3.8, 4) is 23.0 Å². The van der Waals surface area contributed by atoms with E-state index in [4.69, 9.17) is 0 Å². The van der Waals surface area contributed by atoms with Gasteiger partial charge in [-0.2, -0.15) is 0 Å². The molecular formula is C33H33F. The standard InChI is InChI=1S/C33H33F/c1-3-5-6-7-8-9-30-21-22-31-24-27(16-23-32(31)33(30)34)11-10-26-14-19-29(20-15-26)28-17-12-25(4-2)13-18-28/h12-24H,3-9H2,1-2H3. The van der Waals surface area contributed by atoms with Crippen molar-refractivity contribution in [3.05, 3.63) is 107 Å². The fourth-order valence-electron chi connectivity index (χ4n) is 4.35. The number of benzene rings is 4. The van der Waals surface area contributed by atoms with E-state index in [9.17, 15) is 0 Å². The van der Waals surface area contributed by atoms with Gasteiger partial charge in [-0.15, -0.1) is 0 Å². The molecule has 34 heavy (non-hydrogen) atoms. The zero-order chi connectivity index (χ0) is 23.8. The van der Waals surface area contributed by atoms with Crippen molar-refractivity contribution >= 4 is 10.8 Å². The first kappa shape index (κ1) is 23.8. The fourth-order valence-corrected chi connectivity index (χ4v) is 4.35. The number of rotatable bonds is 8. The summed E-state index contributed by atoms with van der Waals surface area (Å²) < 4.78 is 15.0. The molecule has 0 aliphatic carbocycles. The van der Waals surface area contributed by atoms with Crippen LogP contribution in [-0.4, -0.2) is 0 Å². The van der Waals surface area contributed by atoms with Crippen molar-refractivity contribution in [2.24, 2.45) is 0 Å². The van der Waals surface area contributed by atoms with Gasteiger partial charge in [0, 0.05) is 16.5 Å². The smallest absolute Gasteiger partial charge is 0.134 e. The lowest BCUT2D eigenvalue weighted by atomic mass is 9.99. The molecule has 0 saturated carbocycles. The quantitative estimate of drug-likeness (QED) is 0.186. The van der Waals surface area contributed by atoms with Crippen LogP contribution < -0.4 is 0 Å². The third-order valence-electron chi connectivity index (χ3n) is 6.52. The molecule has 0 heterocycles. The van der Waals surface area contributed by atoms with Crippen molar-refractivity contribution in [2.75, 3.05) is 0 Å². The van der Waals surface area contributed by atoms with Crippen molar-refractivity contribution in [3.63, 3.8) is 0 Å². The summed E-state index contributed by atoms with van der Waals surface area (Å²) in [6, 6.07) is 26.8. The SMILES string of the molecule is CCCCCCCc1ccc2cc(C#Cc3ccc(-c4ccc(CC)cc4)cc3)ccc2c1F. The minimum atomic E-state index is -0.0740. The van der Waals surface area contributed by atoms with Gasteiger partial charge in [-0.25, -0.2) is 4.39 Å². The Morgan fingerprint density at radius 2 is 1.29 bits per heavy atom. The summed E-state index contributed by atoms with van der Waals surface area (Å²) in [6.07, 6.45) is 7.82. The van der Waals surface area contributed by atoms with Crippen LogP contribution in [0.5, 0.6) is 0 Å². The Hall–Kier alpha value is -3.37. The van der Waals surface area contributed by atoms with E-state index in [1.165, 1.54) is 42.4 Å². The van der Waals surface area contributed by atoms with Crippen LogP contribution in [0.15, 0.2) is 78.9 Å². The van der Waals surface area contributed by atoms with Crippen molar-refractivity contribution in [1.82, 2.24) is 0 Å². The van der Waals surface area contributed by atoms with Crippen molar-refractivity contribution < 1.29 is 4.39 Å². The molecule has 0 saturated heterocycles. The number of hydrogen-bond acceptors (Lipinski definition) is 0. The maximum atomic E-state index is 15.0. The van der Waals surface area contributed by atoms with Crippen LogP contribution in [0.3, 0.4) is 0 Å². The minimum absolute atomic E-state index is 0.0740. The Bertz CT molecular complexity index is 1280. The first-order valence-corrected chi connectivity index (χ1v) is 12.6. The summed E-state index contributed by atoms with van der Waals surface area (Å²) in [4.78, 5) is 0. The fraction of sp³-hybridized carbons (Fsp3) is 0.273. The van der Waals surface area contributed by atoms with Gasteiger partial charge in [0.05, 0.1) is 0 Å². The van der Waals surface area contributed by atoms with Gasteiger partial charge in [0.25, 0.3) is 0 Å². The molecule has 0 N–H and O–H groups in total. The van der Waals surface area contributed by atoms with Crippen LogP contribution in [0.4, 0.5) is 4.39 Å². The van der Waals surface area contributed by atoms with Gasteiger partial charge in [0.15, 0.2) is 0 Å². The van der Waals surface area contributed by atoms with E-state index in [-0.39, 0.29) is 5.82 Å². The first-order chi connectivity index (χ1) is 16.7. The molecule has 0 fully saturated rings. The van der Waals surface area contributed by atoms with E-state index in [0.29, 0.717) is 5.39 Å². The van der Waals surface area contributed by atoms with Gasteiger partial charge < -0.3 is 0 Å². The molecule has 0 bridgehead atoms. The van der Waals surface area contributed by atoms with Crippen LogP contribution in [0.2, 0.25) is 0 Å². The van der Waals surface area contributed by atoms with Crippen LogP contribution in [0, 0.1) is 17.7 Å². The zero-order valence-corrected chi connectivity index (χ0v) is 20.3. The molecule has 4 aromatic rings. The molecule has 172 valence electrons. The number of aryl methyl sites for hydroxylation is 2. The monoisotopic (exact) mass is 448 g/mol. The van der Waals surface area contributed by atoms with Crippen LogP contribution in [0.25, 0.3) is 21.9 Å².